The van der Waals surface area contributed by atoms with Crippen LogP contribution < -0.4 is 9.04 Å². The molecule has 0 amide bonds. The van der Waals surface area contributed by atoms with E-state index in [4.69, 9.17) is 16.3 Å². The van der Waals surface area contributed by atoms with Gasteiger partial charge in [-0.1, -0.05) is 23.7 Å². The van der Waals surface area contributed by atoms with E-state index in [1.807, 2.05) is 0 Å². The number of ether oxygens (including phenoxy) is 2. The van der Waals surface area contributed by atoms with Gasteiger partial charge < -0.3 is 14.5 Å². The third-order valence-electron chi connectivity index (χ3n) is 5.47. The van der Waals surface area contributed by atoms with E-state index in [-0.39, 0.29) is 29.4 Å². The highest BCUT2D eigenvalue weighted by Gasteiger charge is 2.32. The van der Waals surface area contributed by atoms with E-state index in [9.17, 15) is 26.4 Å². The Labute approximate surface area is 221 Å². The van der Waals surface area contributed by atoms with Gasteiger partial charge in [0.2, 0.25) is 0 Å². The van der Waals surface area contributed by atoms with E-state index >= 15 is 0 Å². The summed E-state index contributed by atoms with van der Waals surface area (Å²) in [6.45, 7) is 3.16. The Morgan fingerprint density at radius 3 is 2.34 bits per heavy atom. The molecule has 0 aliphatic heterocycles. The first-order chi connectivity index (χ1) is 17.9. The molecule has 2 aromatic carbocycles. The molecule has 0 unspecified atom stereocenters. The highest BCUT2D eigenvalue weighted by atomic mass is 35.5. The van der Waals surface area contributed by atoms with Crippen molar-refractivity contribution in [1.29, 1.82) is 0 Å². The minimum Gasteiger partial charge on any atom is -0.462 e. The molecule has 0 aliphatic rings. The van der Waals surface area contributed by atoms with Crippen LogP contribution in [0.1, 0.15) is 28.5 Å². The van der Waals surface area contributed by atoms with Crippen LogP contribution in [0.2, 0.25) is 5.02 Å². The van der Waals surface area contributed by atoms with Gasteiger partial charge in [-0.25, -0.2) is 22.5 Å². The van der Waals surface area contributed by atoms with Gasteiger partial charge in [0.25, 0.3) is 10.0 Å². The average molecular weight is 568 g/mol. The zero-order valence-electron chi connectivity index (χ0n) is 20.0. The number of H-pyrrole nitrogens is 1. The molecule has 38 heavy (non-hydrogen) atoms. The SMILES string of the molecule is CCOC(=O)c1ccc(S(=O)(=O)N(Cc2ccc(OC(F)(F)F)cc2)c2nc(C)c(Cl)c3cc[nH]c23)cc1. The van der Waals surface area contributed by atoms with Crippen molar-refractivity contribution in [2.24, 2.45) is 0 Å². The number of carbonyl (C=O) groups excluding carboxylic acids is 1. The standard InChI is InChI=1S/C25H21ClF3N3O5S/c1-3-36-24(33)17-6-10-19(11-7-17)38(34,35)32(14-16-4-8-18(9-5-16)37-25(27,28)29)23-22-20(12-13-30-22)21(26)15(2)31-23/h4-13,30H,3,14H2,1-2H3. The van der Waals surface area contributed by atoms with E-state index in [1.165, 1.54) is 36.4 Å². The number of anilines is 1. The molecule has 0 radical (unpaired) electrons. The number of aromatic nitrogens is 2. The Balaban J connectivity index is 1.79. The van der Waals surface area contributed by atoms with Crippen molar-refractivity contribution >= 4 is 44.3 Å². The lowest BCUT2D eigenvalue weighted by molar-refractivity contribution is -0.274. The van der Waals surface area contributed by atoms with Crippen LogP contribution in [0.4, 0.5) is 19.0 Å². The fourth-order valence-corrected chi connectivity index (χ4v) is 5.33. The van der Waals surface area contributed by atoms with Crippen molar-refractivity contribution < 1.29 is 35.9 Å². The maximum absolute atomic E-state index is 13.9. The second kappa shape index (κ2) is 10.5. The molecule has 200 valence electrons. The smallest absolute Gasteiger partial charge is 0.462 e. The van der Waals surface area contributed by atoms with Crippen molar-refractivity contribution in [3.63, 3.8) is 0 Å². The van der Waals surface area contributed by atoms with Crippen LogP contribution in [-0.4, -0.2) is 37.3 Å². The molecule has 0 saturated carbocycles. The molecule has 0 aliphatic carbocycles. The number of benzene rings is 2. The summed E-state index contributed by atoms with van der Waals surface area (Å²) < 4.78 is 75.4. The van der Waals surface area contributed by atoms with Crippen molar-refractivity contribution in [2.45, 2.75) is 31.7 Å². The normalized spacial score (nSPS) is 11.9. The molecule has 0 bridgehead atoms. The summed E-state index contributed by atoms with van der Waals surface area (Å²) in [7, 11) is -4.30. The third-order valence-corrected chi connectivity index (χ3v) is 7.70. The number of hydrogen-bond acceptors (Lipinski definition) is 6. The Morgan fingerprint density at radius 1 is 1.08 bits per heavy atom. The second-order valence-corrected chi connectivity index (χ2v) is 10.3. The summed E-state index contributed by atoms with van der Waals surface area (Å²) in [4.78, 5) is 19.3. The van der Waals surface area contributed by atoms with Gasteiger partial charge in [0, 0.05) is 11.6 Å². The maximum atomic E-state index is 13.9. The van der Waals surface area contributed by atoms with Crippen LogP contribution in [0.25, 0.3) is 10.9 Å². The number of nitrogens with one attached hydrogen (secondary N) is 1. The van der Waals surface area contributed by atoms with Crippen LogP contribution in [0.15, 0.2) is 65.7 Å². The number of nitrogens with zero attached hydrogens (tertiary/aromatic N) is 2. The van der Waals surface area contributed by atoms with Crippen LogP contribution in [0, 0.1) is 6.92 Å². The van der Waals surface area contributed by atoms with Crippen molar-refractivity contribution in [3.05, 3.63) is 82.6 Å². The van der Waals surface area contributed by atoms with Crippen LogP contribution >= 0.6 is 11.6 Å². The summed E-state index contributed by atoms with van der Waals surface area (Å²) in [6, 6.07) is 11.7. The lowest BCUT2D eigenvalue weighted by atomic mass is 10.2. The predicted molar refractivity (Wildman–Crippen MR) is 135 cm³/mol. The number of sulfonamides is 1. The van der Waals surface area contributed by atoms with Gasteiger partial charge in [-0.3, -0.25) is 0 Å². The quantitative estimate of drug-likeness (QED) is 0.262. The molecule has 13 heteroatoms. The van der Waals surface area contributed by atoms with Crippen molar-refractivity contribution in [3.8, 4) is 5.75 Å². The Kier molecular flexibility index (Phi) is 7.56. The summed E-state index contributed by atoms with van der Waals surface area (Å²) >= 11 is 6.38. The average Bonchev–Trinajstić information content (AvgIpc) is 3.36. The number of pyridine rings is 1. The lowest BCUT2D eigenvalue weighted by Crippen LogP contribution is -2.32. The molecule has 0 fully saturated rings. The Bertz CT molecular complexity index is 1570. The number of aryl methyl sites for hydroxylation is 1. The number of alkyl halides is 3. The molecule has 0 saturated heterocycles. The molecule has 0 spiro atoms. The van der Waals surface area contributed by atoms with Crippen LogP contribution in [0.3, 0.4) is 0 Å². The fraction of sp³-hybridized carbons (Fsp3) is 0.200. The number of fused-ring (bicyclic) bond motifs is 1. The zero-order valence-corrected chi connectivity index (χ0v) is 21.6. The minimum absolute atomic E-state index is 0.0389. The van der Waals surface area contributed by atoms with E-state index in [0.717, 1.165) is 16.4 Å². The first-order valence-electron chi connectivity index (χ1n) is 11.2. The molecule has 8 nitrogen and oxygen atoms in total. The molecule has 0 atom stereocenters. The number of hydrogen-bond donors (Lipinski definition) is 1. The van der Waals surface area contributed by atoms with Crippen molar-refractivity contribution in [2.75, 3.05) is 10.9 Å². The van der Waals surface area contributed by atoms with Gasteiger partial charge in [0.15, 0.2) is 5.82 Å². The first kappa shape index (κ1) is 27.3. The molecule has 4 rings (SSSR count). The first-order valence-corrected chi connectivity index (χ1v) is 13.0. The van der Waals surface area contributed by atoms with Crippen LogP contribution in [-0.2, 0) is 21.3 Å². The Morgan fingerprint density at radius 2 is 1.74 bits per heavy atom. The molecule has 2 aromatic heterocycles. The number of carbonyl (C=O) groups is 1. The summed E-state index contributed by atoms with van der Waals surface area (Å²) in [5, 5.41) is 0.885. The largest absolute Gasteiger partial charge is 0.573 e. The number of halogens is 4. The fourth-order valence-electron chi connectivity index (χ4n) is 3.72. The number of rotatable bonds is 8. The number of aromatic amines is 1. The highest BCUT2D eigenvalue weighted by Crippen LogP contribution is 2.35. The summed E-state index contributed by atoms with van der Waals surface area (Å²) in [5.74, 6) is -1.01. The maximum Gasteiger partial charge on any atom is 0.573 e. The molecular formula is C25H21ClF3N3O5S. The monoisotopic (exact) mass is 567 g/mol. The molecular weight excluding hydrogens is 547 g/mol. The summed E-state index contributed by atoms with van der Waals surface area (Å²) in [6.07, 6.45) is -3.28. The highest BCUT2D eigenvalue weighted by molar-refractivity contribution is 7.92. The van der Waals surface area contributed by atoms with Gasteiger partial charge in [0.1, 0.15) is 5.75 Å². The molecule has 1 N–H and O–H groups in total. The van der Waals surface area contributed by atoms with Gasteiger partial charge in [-0.2, -0.15) is 0 Å². The van der Waals surface area contributed by atoms with Gasteiger partial charge in [-0.15, -0.1) is 13.2 Å². The lowest BCUT2D eigenvalue weighted by Gasteiger charge is -2.25. The summed E-state index contributed by atoms with van der Waals surface area (Å²) in [5.41, 5.74) is 1.26. The molecule has 4 aromatic rings. The third kappa shape index (κ3) is 5.70. The van der Waals surface area contributed by atoms with E-state index in [1.54, 1.807) is 26.1 Å². The van der Waals surface area contributed by atoms with E-state index in [0.29, 0.717) is 27.2 Å². The predicted octanol–water partition coefficient (Wildman–Crippen LogP) is 6.00. The van der Waals surface area contributed by atoms with Crippen LogP contribution in [0.5, 0.6) is 5.75 Å². The topological polar surface area (TPSA) is 102 Å². The van der Waals surface area contributed by atoms with Crippen molar-refractivity contribution in [1.82, 2.24) is 9.97 Å². The van der Waals surface area contributed by atoms with E-state index < -0.39 is 28.1 Å². The van der Waals surface area contributed by atoms with Gasteiger partial charge in [0.05, 0.1) is 39.8 Å². The zero-order chi connectivity index (χ0) is 27.7. The van der Waals surface area contributed by atoms with Gasteiger partial charge in [-0.05, 0) is 61.9 Å². The molecule has 2 heterocycles. The Hall–Kier alpha value is -3.77. The second-order valence-electron chi connectivity index (χ2n) is 8.05. The number of esters is 1. The van der Waals surface area contributed by atoms with Gasteiger partial charge >= 0.3 is 12.3 Å². The van der Waals surface area contributed by atoms with E-state index in [2.05, 4.69) is 14.7 Å². The minimum atomic E-state index is -4.86.